The van der Waals surface area contributed by atoms with Gasteiger partial charge in [0.1, 0.15) is 0 Å². The van der Waals surface area contributed by atoms with Crippen molar-refractivity contribution in [1.82, 2.24) is 20.4 Å². The van der Waals surface area contributed by atoms with Crippen molar-refractivity contribution in [1.29, 1.82) is 0 Å². The summed E-state index contributed by atoms with van der Waals surface area (Å²) in [6.45, 7) is 7.26. The van der Waals surface area contributed by atoms with Crippen LogP contribution in [-0.4, -0.2) is 73.0 Å². The molecular formula is C19H34N4O2. The lowest BCUT2D eigenvalue weighted by molar-refractivity contribution is -0.134. The molecule has 2 amide bonds. The summed E-state index contributed by atoms with van der Waals surface area (Å²) in [5.41, 5.74) is 0. The van der Waals surface area contributed by atoms with Crippen LogP contribution < -0.4 is 10.6 Å². The van der Waals surface area contributed by atoms with E-state index < -0.39 is 0 Å². The molecule has 2 N–H and O–H groups in total. The van der Waals surface area contributed by atoms with E-state index in [4.69, 9.17) is 0 Å². The summed E-state index contributed by atoms with van der Waals surface area (Å²) in [6.07, 6.45) is 7.59. The number of amides is 2. The van der Waals surface area contributed by atoms with E-state index in [9.17, 15) is 9.59 Å². The maximum Gasteiger partial charge on any atom is 0.237 e. The summed E-state index contributed by atoms with van der Waals surface area (Å²) in [5.74, 6) is 1.11. The minimum Gasteiger partial charge on any atom is -0.352 e. The Morgan fingerprint density at radius 3 is 2.48 bits per heavy atom. The summed E-state index contributed by atoms with van der Waals surface area (Å²) in [6, 6.07) is 0.283. The van der Waals surface area contributed by atoms with Crippen molar-refractivity contribution in [2.45, 2.75) is 64.0 Å². The van der Waals surface area contributed by atoms with Crippen LogP contribution in [0.2, 0.25) is 0 Å². The van der Waals surface area contributed by atoms with Gasteiger partial charge in [0.15, 0.2) is 0 Å². The third kappa shape index (κ3) is 5.17. The Hall–Kier alpha value is -1.14. The van der Waals surface area contributed by atoms with Crippen LogP contribution >= 0.6 is 0 Å². The summed E-state index contributed by atoms with van der Waals surface area (Å²) < 4.78 is 0. The topological polar surface area (TPSA) is 64.7 Å². The molecule has 0 radical (unpaired) electrons. The Bertz CT molecular complexity index is 450. The van der Waals surface area contributed by atoms with Gasteiger partial charge >= 0.3 is 0 Å². The van der Waals surface area contributed by atoms with Crippen LogP contribution in [0.15, 0.2) is 0 Å². The van der Waals surface area contributed by atoms with Crippen molar-refractivity contribution in [3.05, 3.63) is 0 Å². The first-order valence-corrected chi connectivity index (χ1v) is 10.2. The van der Waals surface area contributed by atoms with E-state index >= 15 is 0 Å². The molecule has 3 aliphatic rings. The predicted molar refractivity (Wildman–Crippen MR) is 98.2 cm³/mol. The molecule has 3 fully saturated rings. The Labute approximate surface area is 151 Å². The molecule has 0 bridgehead atoms. The standard InChI is InChI=1S/C19H34N4O2/c1-15(19(25)21-17-4-2-3-5-17)22-10-12-23(13-11-22)18(24)7-6-16-8-9-20-14-16/h15-17,20H,2-14H2,1H3,(H,21,25). The maximum absolute atomic E-state index is 12.4. The molecular weight excluding hydrogens is 316 g/mol. The Kier molecular flexibility index (Phi) is 6.70. The van der Waals surface area contributed by atoms with Crippen LogP contribution in [0.1, 0.15) is 51.9 Å². The van der Waals surface area contributed by atoms with Crippen molar-refractivity contribution >= 4 is 11.8 Å². The fraction of sp³-hybridized carbons (Fsp3) is 0.895. The van der Waals surface area contributed by atoms with Gasteiger partial charge in [-0.05, 0) is 51.6 Å². The molecule has 2 heterocycles. The Morgan fingerprint density at radius 2 is 1.84 bits per heavy atom. The third-order valence-electron chi connectivity index (χ3n) is 6.22. The van der Waals surface area contributed by atoms with Crippen molar-refractivity contribution in [2.75, 3.05) is 39.3 Å². The van der Waals surface area contributed by atoms with E-state index in [1.165, 1.54) is 19.3 Å². The highest BCUT2D eigenvalue weighted by atomic mass is 16.2. The number of rotatable bonds is 6. The molecule has 1 saturated carbocycles. The van der Waals surface area contributed by atoms with E-state index in [1.54, 1.807) is 0 Å². The molecule has 0 aromatic rings. The molecule has 3 rings (SSSR count). The van der Waals surface area contributed by atoms with Crippen molar-refractivity contribution in [3.63, 3.8) is 0 Å². The van der Waals surface area contributed by atoms with Gasteiger partial charge in [0, 0.05) is 38.6 Å². The lowest BCUT2D eigenvalue weighted by atomic mass is 10.0. The average molecular weight is 351 g/mol. The molecule has 1 aliphatic carbocycles. The minimum absolute atomic E-state index is 0.0950. The molecule has 2 aliphatic heterocycles. The van der Waals surface area contributed by atoms with Crippen LogP contribution in [0.3, 0.4) is 0 Å². The third-order valence-corrected chi connectivity index (χ3v) is 6.22. The quantitative estimate of drug-likeness (QED) is 0.749. The van der Waals surface area contributed by atoms with Gasteiger partial charge in [-0.1, -0.05) is 12.8 Å². The molecule has 0 aromatic carbocycles. The van der Waals surface area contributed by atoms with E-state index in [0.29, 0.717) is 18.4 Å². The van der Waals surface area contributed by atoms with Gasteiger partial charge in [0.2, 0.25) is 11.8 Å². The molecule has 25 heavy (non-hydrogen) atoms. The molecule has 0 aromatic heterocycles. The van der Waals surface area contributed by atoms with Crippen molar-refractivity contribution in [2.24, 2.45) is 5.92 Å². The molecule has 6 heteroatoms. The number of hydrogen-bond donors (Lipinski definition) is 2. The van der Waals surface area contributed by atoms with Gasteiger partial charge < -0.3 is 15.5 Å². The zero-order valence-corrected chi connectivity index (χ0v) is 15.6. The zero-order valence-electron chi connectivity index (χ0n) is 15.6. The summed E-state index contributed by atoms with van der Waals surface area (Å²) >= 11 is 0. The molecule has 6 nitrogen and oxygen atoms in total. The Balaban J connectivity index is 1.36. The number of piperazine rings is 1. The molecule has 142 valence electrons. The van der Waals surface area contributed by atoms with Gasteiger partial charge in [-0.2, -0.15) is 0 Å². The first kappa shape index (κ1) is 18.6. The second-order valence-corrected chi connectivity index (χ2v) is 7.98. The highest BCUT2D eigenvalue weighted by molar-refractivity contribution is 5.81. The van der Waals surface area contributed by atoms with Gasteiger partial charge in [-0.15, -0.1) is 0 Å². The molecule has 2 unspecified atom stereocenters. The SMILES string of the molecule is CC(C(=O)NC1CCCC1)N1CCN(C(=O)CCC2CCNC2)CC1. The Morgan fingerprint density at radius 1 is 1.12 bits per heavy atom. The van der Waals surface area contributed by atoms with Gasteiger partial charge in [-0.3, -0.25) is 14.5 Å². The number of nitrogens with zero attached hydrogens (tertiary/aromatic N) is 2. The maximum atomic E-state index is 12.4. The number of hydrogen-bond acceptors (Lipinski definition) is 4. The number of carbonyl (C=O) groups excluding carboxylic acids is 2. The van der Waals surface area contributed by atoms with Crippen LogP contribution in [0, 0.1) is 5.92 Å². The normalized spacial score (nSPS) is 26.8. The molecule has 0 spiro atoms. The summed E-state index contributed by atoms with van der Waals surface area (Å²) in [5, 5.41) is 6.55. The largest absolute Gasteiger partial charge is 0.352 e. The zero-order chi connectivity index (χ0) is 17.6. The monoisotopic (exact) mass is 350 g/mol. The fourth-order valence-electron chi connectivity index (χ4n) is 4.36. The lowest BCUT2D eigenvalue weighted by Gasteiger charge is -2.37. The van der Waals surface area contributed by atoms with Crippen LogP contribution in [0.4, 0.5) is 0 Å². The number of nitrogens with one attached hydrogen (secondary N) is 2. The average Bonchev–Trinajstić information content (AvgIpc) is 3.33. The first-order chi connectivity index (χ1) is 12.1. The minimum atomic E-state index is -0.0950. The smallest absolute Gasteiger partial charge is 0.237 e. The first-order valence-electron chi connectivity index (χ1n) is 10.2. The van der Waals surface area contributed by atoms with Gasteiger partial charge in [0.25, 0.3) is 0 Å². The van der Waals surface area contributed by atoms with E-state index in [2.05, 4.69) is 15.5 Å². The van der Waals surface area contributed by atoms with Crippen LogP contribution in [-0.2, 0) is 9.59 Å². The highest BCUT2D eigenvalue weighted by Gasteiger charge is 2.29. The van der Waals surface area contributed by atoms with E-state index in [-0.39, 0.29) is 17.9 Å². The van der Waals surface area contributed by atoms with Crippen molar-refractivity contribution in [3.8, 4) is 0 Å². The second-order valence-electron chi connectivity index (χ2n) is 7.98. The molecule has 2 saturated heterocycles. The lowest BCUT2D eigenvalue weighted by Crippen LogP contribution is -2.55. The van der Waals surface area contributed by atoms with Gasteiger partial charge in [0.05, 0.1) is 6.04 Å². The fourth-order valence-corrected chi connectivity index (χ4v) is 4.36. The molecule has 2 atom stereocenters. The van der Waals surface area contributed by atoms with Gasteiger partial charge in [-0.25, -0.2) is 0 Å². The second kappa shape index (κ2) is 8.99. The van der Waals surface area contributed by atoms with E-state index in [1.807, 2.05) is 11.8 Å². The van der Waals surface area contributed by atoms with Crippen LogP contribution in [0.5, 0.6) is 0 Å². The summed E-state index contributed by atoms with van der Waals surface area (Å²) in [7, 11) is 0. The van der Waals surface area contributed by atoms with E-state index in [0.717, 1.165) is 58.5 Å². The summed E-state index contributed by atoms with van der Waals surface area (Å²) in [4.78, 5) is 29.0. The predicted octanol–water partition coefficient (Wildman–Crippen LogP) is 0.968. The number of carbonyl (C=O) groups is 2. The highest BCUT2D eigenvalue weighted by Crippen LogP contribution is 2.19. The van der Waals surface area contributed by atoms with Crippen LogP contribution in [0.25, 0.3) is 0 Å². The van der Waals surface area contributed by atoms with Crippen molar-refractivity contribution < 1.29 is 9.59 Å².